The fourth-order valence-electron chi connectivity index (χ4n) is 0.188. The van der Waals surface area contributed by atoms with Gasteiger partial charge in [-0.1, -0.05) is 0 Å². The lowest BCUT2D eigenvalue weighted by molar-refractivity contribution is 0.246. The summed E-state index contributed by atoms with van der Waals surface area (Å²) in [4.78, 5) is 9.84. The van der Waals surface area contributed by atoms with Gasteiger partial charge in [0.1, 0.15) is 0 Å². The van der Waals surface area contributed by atoms with E-state index in [0.29, 0.717) is 0 Å². The molecule has 5 nitrogen and oxygen atoms in total. The van der Waals surface area contributed by atoms with Gasteiger partial charge in [-0.25, -0.2) is 4.79 Å². The summed E-state index contributed by atoms with van der Waals surface area (Å²) in [6.45, 7) is 0. The van der Waals surface area contributed by atoms with Crippen LogP contribution in [-0.2, 0) is 0 Å². The van der Waals surface area contributed by atoms with Crippen LogP contribution in [0.1, 0.15) is 0 Å². The first-order valence-electron chi connectivity index (χ1n) is 1.40. The summed E-state index contributed by atoms with van der Waals surface area (Å²) in [5, 5.41) is 0. The van der Waals surface area contributed by atoms with E-state index in [1.54, 1.807) is 0 Å². The molecular formula is CH3N4O. The summed E-state index contributed by atoms with van der Waals surface area (Å²) >= 11 is 0. The van der Waals surface area contributed by atoms with E-state index < -0.39 is 6.03 Å². The molecule has 0 bridgehead atoms. The van der Waals surface area contributed by atoms with Crippen molar-refractivity contribution < 1.29 is 4.79 Å². The van der Waals surface area contributed by atoms with Crippen molar-refractivity contribution in [3.63, 3.8) is 0 Å². The van der Waals surface area contributed by atoms with Gasteiger partial charge in [-0.2, -0.15) is 0 Å². The second kappa shape index (κ2) is 1.11. The third kappa shape index (κ3) is 0.399. The van der Waals surface area contributed by atoms with E-state index in [1.165, 1.54) is 0 Å². The lowest BCUT2D eigenvalue weighted by atomic mass is 11.1. The predicted molar refractivity (Wildman–Crippen MR) is 16.9 cm³/mol. The van der Waals surface area contributed by atoms with Crippen molar-refractivity contribution >= 4 is 6.03 Å². The maximum absolute atomic E-state index is 9.84. The van der Waals surface area contributed by atoms with Crippen molar-refractivity contribution in [3.8, 4) is 0 Å². The molecule has 0 saturated carbocycles. The van der Waals surface area contributed by atoms with E-state index in [4.69, 9.17) is 0 Å². The lowest BCUT2D eigenvalue weighted by Gasteiger charge is -1.78. The molecule has 1 aliphatic heterocycles. The molecule has 1 saturated heterocycles. The number of hydrogen-bond acceptors (Lipinski definition) is 3. The quantitative estimate of drug-likeness (QED) is 0.328. The number of carbonyl (C=O) groups excluding carboxylic acids is 1. The molecule has 1 aliphatic rings. The fourth-order valence-corrected chi connectivity index (χ4v) is 0.188. The Bertz CT molecular complexity index is 61.9. The topological polar surface area (TPSA) is 67.3 Å². The molecule has 1 radical (unpaired) electrons. The van der Waals surface area contributed by atoms with E-state index in [0.717, 1.165) is 0 Å². The monoisotopic (exact) mass is 87.0 g/mol. The van der Waals surface area contributed by atoms with Gasteiger partial charge < -0.3 is 0 Å². The minimum atomic E-state index is -0.394. The summed E-state index contributed by atoms with van der Waals surface area (Å²) in [6.07, 6.45) is 0. The van der Waals surface area contributed by atoms with Gasteiger partial charge in [0.2, 0.25) is 0 Å². The highest BCUT2D eigenvalue weighted by atomic mass is 16.2. The van der Waals surface area contributed by atoms with Crippen LogP contribution in [0, 0.1) is 0 Å². The molecule has 2 amide bonds. The van der Waals surface area contributed by atoms with E-state index in [2.05, 4.69) is 21.9 Å². The summed E-state index contributed by atoms with van der Waals surface area (Å²) < 4.78 is 0. The fraction of sp³-hybridized carbons (Fsp3) is 0. The average molecular weight is 87.1 g/mol. The molecule has 33 valence electrons. The van der Waals surface area contributed by atoms with Crippen molar-refractivity contribution in [2.75, 3.05) is 0 Å². The molecule has 0 aromatic rings. The Hall–Kier alpha value is -0.810. The van der Waals surface area contributed by atoms with Crippen LogP contribution in [0.4, 0.5) is 4.79 Å². The number of rotatable bonds is 0. The third-order valence-corrected chi connectivity index (χ3v) is 0.383. The highest BCUT2D eigenvalue weighted by Crippen LogP contribution is 1.59. The smallest absolute Gasteiger partial charge is 0.255 e. The minimum absolute atomic E-state index is 0.394. The molecule has 0 aliphatic carbocycles. The molecule has 6 heavy (non-hydrogen) atoms. The Labute approximate surface area is 34.0 Å². The molecule has 1 fully saturated rings. The van der Waals surface area contributed by atoms with Crippen LogP contribution in [0.15, 0.2) is 0 Å². The lowest BCUT2D eigenvalue weighted by Crippen LogP contribution is -2.31. The van der Waals surface area contributed by atoms with Gasteiger partial charge >= 0.3 is 6.03 Å². The van der Waals surface area contributed by atoms with Gasteiger partial charge in [-0.3, -0.25) is 5.43 Å². The molecule has 0 unspecified atom stereocenters. The summed E-state index contributed by atoms with van der Waals surface area (Å²) in [6, 6.07) is -0.394. The van der Waals surface area contributed by atoms with Crippen LogP contribution in [0.25, 0.3) is 0 Å². The highest BCUT2D eigenvalue weighted by molar-refractivity contribution is 5.73. The number of hydrazine groups is 2. The molecule has 0 aromatic heterocycles. The second-order valence-corrected chi connectivity index (χ2v) is 0.779. The minimum Gasteiger partial charge on any atom is -0.255 e. The van der Waals surface area contributed by atoms with Crippen molar-refractivity contribution in [1.82, 2.24) is 21.9 Å². The number of hydrogen-bond donors (Lipinski definition) is 3. The maximum atomic E-state index is 9.84. The Morgan fingerprint density at radius 2 is 2.50 bits per heavy atom. The Morgan fingerprint density at radius 3 is 2.67 bits per heavy atom. The second-order valence-electron chi connectivity index (χ2n) is 0.779. The molecule has 1 rings (SSSR count). The molecule has 5 heteroatoms. The summed E-state index contributed by atoms with van der Waals surface area (Å²) in [7, 11) is 0. The Morgan fingerprint density at radius 1 is 1.67 bits per heavy atom. The molecule has 0 atom stereocenters. The molecular weight excluding hydrogens is 84.0 g/mol. The van der Waals surface area contributed by atoms with Crippen LogP contribution in [0.3, 0.4) is 0 Å². The van der Waals surface area contributed by atoms with Gasteiger partial charge in [0.15, 0.2) is 0 Å². The Kier molecular flexibility index (Phi) is 0.627. The van der Waals surface area contributed by atoms with E-state index >= 15 is 0 Å². The first-order valence-corrected chi connectivity index (χ1v) is 1.40. The van der Waals surface area contributed by atoms with E-state index in [1.807, 2.05) is 0 Å². The van der Waals surface area contributed by atoms with Crippen LogP contribution in [0.2, 0.25) is 0 Å². The first kappa shape index (κ1) is 3.38. The zero-order chi connectivity index (χ0) is 4.41. The first-order chi connectivity index (χ1) is 2.89. The van der Waals surface area contributed by atoms with Crippen LogP contribution in [0.5, 0.6) is 0 Å². The van der Waals surface area contributed by atoms with Gasteiger partial charge in [-0.05, 0) is 0 Å². The SMILES string of the molecule is O=C1[N]NNN1. The number of urea groups is 1. The molecule has 0 spiro atoms. The molecule has 0 aromatic carbocycles. The number of nitrogens with one attached hydrogen (secondary N) is 3. The highest BCUT2D eigenvalue weighted by Gasteiger charge is 2.04. The number of amides is 2. The predicted octanol–water partition coefficient (Wildman–Crippen LogP) is -1.76. The van der Waals surface area contributed by atoms with Gasteiger partial charge in [0.25, 0.3) is 0 Å². The van der Waals surface area contributed by atoms with Crippen LogP contribution in [-0.4, -0.2) is 6.03 Å². The van der Waals surface area contributed by atoms with Crippen molar-refractivity contribution in [3.05, 3.63) is 0 Å². The normalized spacial score (nSPS) is 19.7. The van der Waals surface area contributed by atoms with E-state index in [-0.39, 0.29) is 0 Å². The summed E-state index contributed by atoms with van der Waals surface area (Å²) in [5.41, 5.74) is 9.72. The van der Waals surface area contributed by atoms with Crippen molar-refractivity contribution in [1.29, 1.82) is 0 Å². The third-order valence-electron chi connectivity index (χ3n) is 0.383. The van der Waals surface area contributed by atoms with Crippen LogP contribution < -0.4 is 21.9 Å². The van der Waals surface area contributed by atoms with Gasteiger partial charge in [0.05, 0.1) is 0 Å². The van der Waals surface area contributed by atoms with E-state index in [9.17, 15) is 4.79 Å². The molecule has 3 N–H and O–H groups in total. The van der Waals surface area contributed by atoms with Gasteiger partial charge in [0, 0.05) is 0 Å². The van der Waals surface area contributed by atoms with Crippen molar-refractivity contribution in [2.45, 2.75) is 0 Å². The van der Waals surface area contributed by atoms with Crippen molar-refractivity contribution in [2.24, 2.45) is 0 Å². The number of carbonyl (C=O) groups is 1. The largest absolute Gasteiger partial charge is 0.369 e. The molecule has 1 heterocycles. The maximum Gasteiger partial charge on any atom is 0.369 e. The zero-order valence-corrected chi connectivity index (χ0v) is 2.86. The average Bonchev–Trinajstić information content (AvgIpc) is 1.86. The summed E-state index contributed by atoms with van der Waals surface area (Å²) in [5.74, 6) is 0. The zero-order valence-electron chi connectivity index (χ0n) is 2.86. The van der Waals surface area contributed by atoms with Gasteiger partial charge in [-0.15, -0.1) is 16.5 Å². The Balaban J connectivity index is 2.37. The standard InChI is InChI=1S/CH3N4O/c6-1-2-4-5-3-1/h4-5H,(H,2,6). The van der Waals surface area contributed by atoms with Crippen LogP contribution >= 0.6 is 0 Å². The number of nitrogens with zero attached hydrogens (tertiary/aromatic N) is 1.